The molecule has 0 atom stereocenters. The highest BCUT2D eigenvalue weighted by Crippen LogP contribution is 2.32. The number of aryl methyl sites for hydroxylation is 1. The Morgan fingerprint density at radius 1 is 1.11 bits per heavy atom. The van der Waals surface area contributed by atoms with Crippen LogP contribution in [0.15, 0.2) is 77.9 Å². The Balaban J connectivity index is 1.41. The molecule has 0 unspecified atom stereocenters. The summed E-state index contributed by atoms with van der Waals surface area (Å²) in [6.45, 7) is 2.43. The van der Waals surface area contributed by atoms with Gasteiger partial charge in [0.1, 0.15) is 12.3 Å². The van der Waals surface area contributed by atoms with Crippen LogP contribution < -0.4 is 14.9 Å². The van der Waals surface area contributed by atoms with Gasteiger partial charge in [0.05, 0.1) is 23.9 Å². The van der Waals surface area contributed by atoms with E-state index in [1.165, 1.54) is 30.0 Å². The number of nitrogens with one attached hydrogen (secondary N) is 2. The molecular formula is C26H23N5O5. The summed E-state index contributed by atoms with van der Waals surface area (Å²) in [5.41, 5.74) is 6.47. The minimum atomic E-state index is -0.513. The van der Waals surface area contributed by atoms with E-state index in [0.717, 1.165) is 11.1 Å². The number of non-ortho nitro benzene ring substituents is 1. The lowest BCUT2D eigenvalue weighted by atomic mass is 10.1. The molecule has 0 spiro atoms. The number of nitro groups is 1. The number of aromatic amines is 1. The van der Waals surface area contributed by atoms with Crippen molar-refractivity contribution in [1.29, 1.82) is 0 Å². The number of carbonyl (C=O) groups excluding carboxylic acids is 1. The van der Waals surface area contributed by atoms with Crippen LogP contribution in [0.3, 0.4) is 0 Å². The molecule has 1 heterocycles. The van der Waals surface area contributed by atoms with Gasteiger partial charge in [0.2, 0.25) is 0 Å². The predicted molar refractivity (Wildman–Crippen MR) is 134 cm³/mol. The van der Waals surface area contributed by atoms with Gasteiger partial charge < -0.3 is 9.47 Å². The maximum atomic E-state index is 12.4. The second kappa shape index (κ2) is 11.0. The first-order valence-electron chi connectivity index (χ1n) is 10.9. The summed E-state index contributed by atoms with van der Waals surface area (Å²) in [5, 5.41) is 21.6. The molecule has 0 saturated carbocycles. The molecule has 0 fully saturated rings. The SMILES string of the molecule is COc1cc(-c2cc(C(=O)NN=Cc3cccc([N+](=O)[O-])c3)[nH]n2)ccc1OCc1ccc(C)cc1. The molecule has 0 saturated heterocycles. The van der Waals surface area contributed by atoms with Crippen LogP contribution in [0.4, 0.5) is 5.69 Å². The number of methoxy groups -OCH3 is 1. The van der Waals surface area contributed by atoms with Crippen LogP contribution in [0.2, 0.25) is 0 Å². The van der Waals surface area contributed by atoms with Crippen LogP contribution in [-0.4, -0.2) is 34.4 Å². The molecule has 1 amide bonds. The van der Waals surface area contributed by atoms with Crippen LogP contribution in [0.25, 0.3) is 11.3 Å². The fourth-order valence-corrected chi connectivity index (χ4v) is 3.32. The number of aromatic nitrogens is 2. The Labute approximate surface area is 206 Å². The summed E-state index contributed by atoms with van der Waals surface area (Å²) in [4.78, 5) is 22.8. The van der Waals surface area contributed by atoms with Gasteiger partial charge in [0, 0.05) is 23.3 Å². The number of benzene rings is 3. The van der Waals surface area contributed by atoms with Crippen LogP contribution in [0, 0.1) is 17.0 Å². The van der Waals surface area contributed by atoms with Gasteiger partial charge >= 0.3 is 0 Å². The number of nitrogens with zero attached hydrogens (tertiary/aromatic N) is 3. The number of amides is 1. The monoisotopic (exact) mass is 485 g/mol. The molecule has 0 aliphatic heterocycles. The molecule has 0 bridgehead atoms. The molecule has 0 aliphatic carbocycles. The van der Waals surface area contributed by atoms with Crippen molar-refractivity contribution < 1.29 is 19.2 Å². The highest BCUT2D eigenvalue weighted by atomic mass is 16.6. The number of H-pyrrole nitrogens is 1. The zero-order chi connectivity index (χ0) is 25.5. The Morgan fingerprint density at radius 3 is 2.67 bits per heavy atom. The van der Waals surface area contributed by atoms with Crippen molar-refractivity contribution in [3.05, 3.63) is 105 Å². The van der Waals surface area contributed by atoms with Gasteiger partial charge in [-0.25, -0.2) is 5.43 Å². The minimum Gasteiger partial charge on any atom is -0.493 e. The Kier molecular flexibility index (Phi) is 7.35. The Hall–Kier alpha value is -4.99. The Morgan fingerprint density at radius 2 is 1.92 bits per heavy atom. The van der Waals surface area contributed by atoms with E-state index >= 15 is 0 Å². The highest BCUT2D eigenvalue weighted by molar-refractivity contribution is 5.94. The van der Waals surface area contributed by atoms with Gasteiger partial charge in [-0.2, -0.15) is 10.2 Å². The molecule has 1 aromatic heterocycles. The highest BCUT2D eigenvalue weighted by Gasteiger charge is 2.13. The average Bonchev–Trinajstić information content (AvgIpc) is 3.39. The van der Waals surface area contributed by atoms with E-state index in [1.807, 2.05) is 37.3 Å². The first kappa shape index (κ1) is 24.1. The van der Waals surface area contributed by atoms with E-state index in [9.17, 15) is 14.9 Å². The molecular weight excluding hydrogens is 462 g/mol. The molecule has 0 aliphatic rings. The summed E-state index contributed by atoms with van der Waals surface area (Å²) < 4.78 is 11.4. The van der Waals surface area contributed by atoms with E-state index in [1.54, 1.807) is 31.4 Å². The second-order valence-corrected chi connectivity index (χ2v) is 7.86. The van der Waals surface area contributed by atoms with Crippen molar-refractivity contribution >= 4 is 17.8 Å². The third kappa shape index (κ3) is 5.92. The fourth-order valence-electron chi connectivity index (χ4n) is 3.32. The lowest BCUT2D eigenvalue weighted by Crippen LogP contribution is -2.18. The van der Waals surface area contributed by atoms with Crippen LogP contribution in [0.5, 0.6) is 11.5 Å². The largest absolute Gasteiger partial charge is 0.493 e. The van der Waals surface area contributed by atoms with Gasteiger partial charge in [-0.15, -0.1) is 0 Å². The van der Waals surface area contributed by atoms with Crippen molar-refractivity contribution in [2.24, 2.45) is 5.10 Å². The standard InChI is InChI=1S/C26H23N5O5/c1-17-6-8-18(9-7-17)16-36-24-11-10-20(13-25(24)35-2)22-14-23(29-28-22)26(32)30-27-15-19-4-3-5-21(12-19)31(33)34/h3-15H,16H2,1-2H3,(H,28,29)(H,30,32). The first-order valence-corrected chi connectivity index (χ1v) is 10.9. The summed E-state index contributed by atoms with van der Waals surface area (Å²) in [6, 6.07) is 21.0. The third-order valence-corrected chi connectivity index (χ3v) is 5.26. The lowest BCUT2D eigenvalue weighted by Gasteiger charge is -2.12. The van der Waals surface area contributed by atoms with Gasteiger partial charge in [0.15, 0.2) is 11.5 Å². The lowest BCUT2D eigenvalue weighted by molar-refractivity contribution is -0.384. The van der Waals surface area contributed by atoms with Crippen molar-refractivity contribution in [3.8, 4) is 22.8 Å². The average molecular weight is 486 g/mol. The zero-order valence-electron chi connectivity index (χ0n) is 19.6. The van der Waals surface area contributed by atoms with E-state index in [2.05, 4.69) is 20.7 Å². The molecule has 10 nitrogen and oxygen atoms in total. The zero-order valence-corrected chi connectivity index (χ0v) is 19.6. The smallest absolute Gasteiger partial charge is 0.289 e. The van der Waals surface area contributed by atoms with Gasteiger partial charge in [-0.3, -0.25) is 20.0 Å². The maximum absolute atomic E-state index is 12.4. The maximum Gasteiger partial charge on any atom is 0.289 e. The van der Waals surface area contributed by atoms with E-state index in [4.69, 9.17) is 9.47 Å². The number of rotatable bonds is 9. The molecule has 4 aromatic rings. The molecule has 36 heavy (non-hydrogen) atoms. The summed E-state index contributed by atoms with van der Waals surface area (Å²) in [6.07, 6.45) is 1.32. The number of hydrogen-bond acceptors (Lipinski definition) is 7. The van der Waals surface area contributed by atoms with E-state index in [-0.39, 0.29) is 11.4 Å². The minimum absolute atomic E-state index is 0.0644. The summed E-state index contributed by atoms with van der Waals surface area (Å²) >= 11 is 0. The van der Waals surface area contributed by atoms with Crippen LogP contribution in [-0.2, 0) is 6.61 Å². The third-order valence-electron chi connectivity index (χ3n) is 5.26. The fraction of sp³-hybridized carbons (Fsp3) is 0.115. The summed E-state index contributed by atoms with van der Waals surface area (Å²) in [7, 11) is 1.56. The number of ether oxygens (including phenoxy) is 2. The number of hydrazone groups is 1. The van der Waals surface area contributed by atoms with Crippen LogP contribution in [0.1, 0.15) is 27.2 Å². The quantitative estimate of drug-likeness (QED) is 0.202. The van der Waals surface area contributed by atoms with Crippen molar-refractivity contribution in [2.45, 2.75) is 13.5 Å². The molecule has 182 valence electrons. The van der Waals surface area contributed by atoms with E-state index in [0.29, 0.717) is 29.4 Å². The number of carbonyl (C=O) groups is 1. The Bertz CT molecular complexity index is 1410. The normalized spacial score (nSPS) is 10.8. The van der Waals surface area contributed by atoms with E-state index < -0.39 is 10.8 Å². The topological polar surface area (TPSA) is 132 Å². The van der Waals surface area contributed by atoms with Crippen molar-refractivity contribution in [2.75, 3.05) is 7.11 Å². The van der Waals surface area contributed by atoms with Gasteiger partial charge in [-0.05, 0) is 36.8 Å². The van der Waals surface area contributed by atoms with Gasteiger partial charge in [-0.1, -0.05) is 42.0 Å². The van der Waals surface area contributed by atoms with Crippen molar-refractivity contribution in [3.63, 3.8) is 0 Å². The number of hydrogen-bond donors (Lipinski definition) is 2. The molecule has 0 radical (unpaired) electrons. The predicted octanol–water partition coefficient (Wildman–Crippen LogP) is 4.64. The first-order chi connectivity index (χ1) is 17.4. The number of nitro benzene ring substituents is 1. The van der Waals surface area contributed by atoms with Crippen molar-refractivity contribution in [1.82, 2.24) is 15.6 Å². The molecule has 4 rings (SSSR count). The second-order valence-electron chi connectivity index (χ2n) is 7.86. The van der Waals surface area contributed by atoms with Crippen LogP contribution >= 0.6 is 0 Å². The molecule has 2 N–H and O–H groups in total. The molecule has 3 aromatic carbocycles. The van der Waals surface area contributed by atoms with Gasteiger partial charge in [0.25, 0.3) is 11.6 Å². The molecule has 10 heteroatoms. The summed E-state index contributed by atoms with van der Waals surface area (Å²) in [5.74, 6) is 0.612.